The third-order valence-electron chi connectivity index (χ3n) is 4.82. The highest BCUT2D eigenvalue weighted by molar-refractivity contribution is 5.50. The van der Waals surface area contributed by atoms with Crippen molar-refractivity contribution in [2.24, 2.45) is 11.1 Å². The average Bonchev–Trinajstić information content (AvgIpc) is 3.19. The van der Waals surface area contributed by atoms with E-state index in [0.29, 0.717) is 6.04 Å². The van der Waals surface area contributed by atoms with E-state index in [2.05, 4.69) is 32.2 Å². The summed E-state index contributed by atoms with van der Waals surface area (Å²) in [6, 6.07) is 2.50. The standard InChI is InChI=1S/C16H26N2O/c1-10-8-13(19-5)11(2)12(3)14(10)15(18-4)16(9-17)6-7-16/h8,15,18H,6-7,9,17H2,1-5H3. The quantitative estimate of drug-likeness (QED) is 0.857. The second-order valence-corrected chi connectivity index (χ2v) is 5.85. The van der Waals surface area contributed by atoms with Crippen molar-refractivity contribution in [3.8, 4) is 5.75 Å². The maximum atomic E-state index is 6.01. The number of rotatable bonds is 5. The summed E-state index contributed by atoms with van der Waals surface area (Å²) in [5.74, 6) is 0.978. The Balaban J connectivity index is 2.52. The van der Waals surface area contributed by atoms with Gasteiger partial charge in [-0.15, -0.1) is 0 Å². The molecule has 1 fully saturated rings. The molecule has 0 aliphatic heterocycles. The van der Waals surface area contributed by atoms with Crippen molar-refractivity contribution in [2.75, 3.05) is 20.7 Å². The van der Waals surface area contributed by atoms with Gasteiger partial charge in [-0.1, -0.05) is 0 Å². The number of hydrogen-bond donors (Lipinski definition) is 2. The molecule has 1 aliphatic carbocycles. The van der Waals surface area contributed by atoms with Crippen LogP contribution in [0.25, 0.3) is 0 Å². The predicted octanol–water partition coefficient (Wildman–Crippen LogP) is 2.62. The molecule has 0 bridgehead atoms. The van der Waals surface area contributed by atoms with Crippen LogP contribution in [0.5, 0.6) is 5.75 Å². The summed E-state index contributed by atoms with van der Waals surface area (Å²) in [5.41, 5.74) is 11.5. The fraction of sp³-hybridized carbons (Fsp3) is 0.625. The van der Waals surface area contributed by atoms with Crippen molar-refractivity contribution in [2.45, 2.75) is 39.7 Å². The number of nitrogens with one attached hydrogen (secondary N) is 1. The van der Waals surface area contributed by atoms with Crippen LogP contribution in [0.3, 0.4) is 0 Å². The molecule has 19 heavy (non-hydrogen) atoms. The van der Waals surface area contributed by atoms with Gasteiger partial charge in [0.25, 0.3) is 0 Å². The third-order valence-corrected chi connectivity index (χ3v) is 4.82. The largest absolute Gasteiger partial charge is 0.496 e. The highest BCUT2D eigenvalue weighted by Gasteiger charge is 2.49. The molecular weight excluding hydrogens is 236 g/mol. The molecule has 0 radical (unpaired) electrons. The Morgan fingerprint density at radius 1 is 1.32 bits per heavy atom. The first-order valence-electron chi connectivity index (χ1n) is 7.02. The van der Waals surface area contributed by atoms with Gasteiger partial charge in [-0.3, -0.25) is 0 Å². The Kier molecular flexibility index (Phi) is 3.88. The third kappa shape index (κ3) is 2.26. The summed E-state index contributed by atoms with van der Waals surface area (Å²) in [6.45, 7) is 7.24. The van der Waals surface area contributed by atoms with Crippen LogP contribution in [0.15, 0.2) is 6.07 Å². The molecule has 0 saturated heterocycles. The molecule has 3 N–H and O–H groups in total. The van der Waals surface area contributed by atoms with Crippen LogP contribution in [0.1, 0.15) is 41.1 Å². The van der Waals surface area contributed by atoms with E-state index in [1.54, 1.807) is 7.11 Å². The Morgan fingerprint density at radius 2 is 1.95 bits per heavy atom. The monoisotopic (exact) mass is 262 g/mol. The predicted molar refractivity (Wildman–Crippen MR) is 79.7 cm³/mol. The molecule has 0 amide bonds. The van der Waals surface area contributed by atoms with E-state index in [0.717, 1.165) is 12.3 Å². The minimum atomic E-state index is 0.255. The van der Waals surface area contributed by atoms with E-state index in [1.165, 1.54) is 35.1 Å². The first-order valence-corrected chi connectivity index (χ1v) is 7.02. The zero-order valence-corrected chi connectivity index (χ0v) is 12.8. The van der Waals surface area contributed by atoms with Gasteiger partial charge in [-0.25, -0.2) is 0 Å². The van der Waals surface area contributed by atoms with Crippen LogP contribution in [-0.4, -0.2) is 20.7 Å². The van der Waals surface area contributed by atoms with Gasteiger partial charge in [0.15, 0.2) is 0 Å². The minimum absolute atomic E-state index is 0.255. The summed E-state index contributed by atoms with van der Waals surface area (Å²) in [4.78, 5) is 0. The van der Waals surface area contributed by atoms with Crippen molar-refractivity contribution in [1.82, 2.24) is 5.32 Å². The van der Waals surface area contributed by atoms with Crippen LogP contribution in [0.2, 0.25) is 0 Å². The van der Waals surface area contributed by atoms with Gasteiger partial charge >= 0.3 is 0 Å². The molecule has 3 nitrogen and oxygen atoms in total. The van der Waals surface area contributed by atoms with Crippen LogP contribution >= 0.6 is 0 Å². The van der Waals surface area contributed by atoms with Gasteiger partial charge in [0.1, 0.15) is 5.75 Å². The molecule has 1 aromatic carbocycles. The number of benzene rings is 1. The topological polar surface area (TPSA) is 47.3 Å². The molecule has 1 aliphatic rings. The summed E-state index contributed by atoms with van der Waals surface area (Å²) in [7, 11) is 3.78. The Hall–Kier alpha value is -1.06. The molecule has 1 unspecified atom stereocenters. The maximum absolute atomic E-state index is 6.01. The molecule has 0 spiro atoms. The fourth-order valence-corrected chi connectivity index (χ4v) is 3.25. The molecule has 0 aromatic heterocycles. The van der Waals surface area contributed by atoms with Crippen molar-refractivity contribution < 1.29 is 4.74 Å². The minimum Gasteiger partial charge on any atom is -0.496 e. The van der Waals surface area contributed by atoms with Crippen molar-refractivity contribution >= 4 is 0 Å². The van der Waals surface area contributed by atoms with E-state index in [-0.39, 0.29) is 5.41 Å². The lowest BCUT2D eigenvalue weighted by atomic mass is 9.83. The molecule has 106 valence electrons. The maximum Gasteiger partial charge on any atom is 0.122 e. The molecule has 1 atom stereocenters. The van der Waals surface area contributed by atoms with Gasteiger partial charge in [-0.05, 0) is 75.5 Å². The molecule has 1 aromatic rings. The first kappa shape index (κ1) is 14.4. The zero-order valence-electron chi connectivity index (χ0n) is 12.8. The fourth-order valence-electron chi connectivity index (χ4n) is 3.25. The molecule has 2 rings (SSSR count). The summed E-state index contributed by atoms with van der Waals surface area (Å²) in [6.07, 6.45) is 2.44. The first-order chi connectivity index (χ1) is 9.00. The summed E-state index contributed by atoms with van der Waals surface area (Å²) < 4.78 is 5.46. The lowest BCUT2D eigenvalue weighted by Crippen LogP contribution is -2.33. The van der Waals surface area contributed by atoms with Gasteiger partial charge in [-0.2, -0.15) is 0 Å². The van der Waals surface area contributed by atoms with Crippen LogP contribution in [0.4, 0.5) is 0 Å². The summed E-state index contributed by atoms with van der Waals surface area (Å²) >= 11 is 0. The van der Waals surface area contributed by atoms with Crippen molar-refractivity contribution in [3.05, 3.63) is 28.3 Å². The lowest BCUT2D eigenvalue weighted by Gasteiger charge is -2.30. The molecule has 1 saturated carbocycles. The molecule has 0 heterocycles. The smallest absolute Gasteiger partial charge is 0.122 e. The van der Waals surface area contributed by atoms with Gasteiger partial charge < -0.3 is 15.8 Å². The number of methoxy groups -OCH3 is 1. The number of aryl methyl sites for hydroxylation is 1. The zero-order chi connectivity index (χ0) is 14.2. The molecule has 3 heteroatoms. The number of ether oxygens (including phenoxy) is 1. The van der Waals surface area contributed by atoms with Gasteiger partial charge in [0.2, 0.25) is 0 Å². The SMILES string of the molecule is CNC(c1c(C)cc(OC)c(C)c1C)C1(CN)CC1. The van der Waals surface area contributed by atoms with E-state index in [1.807, 2.05) is 7.05 Å². The average molecular weight is 262 g/mol. The number of nitrogens with two attached hydrogens (primary N) is 1. The van der Waals surface area contributed by atoms with E-state index in [4.69, 9.17) is 10.5 Å². The Morgan fingerprint density at radius 3 is 2.37 bits per heavy atom. The van der Waals surface area contributed by atoms with Crippen molar-refractivity contribution in [1.29, 1.82) is 0 Å². The second kappa shape index (κ2) is 5.14. The van der Waals surface area contributed by atoms with E-state index in [9.17, 15) is 0 Å². The highest BCUT2D eigenvalue weighted by Crippen LogP contribution is 2.55. The van der Waals surface area contributed by atoms with E-state index >= 15 is 0 Å². The van der Waals surface area contributed by atoms with Crippen LogP contribution < -0.4 is 15.8 Å². The lowest BCUT2D eigenvalue weighted by molar-refractivity contribution is 0.362. The normalized spacial score (nSPS) is 18.2. The Labute approximate surface area is 116 Å². The van der Waals surface area contributed by atoms with Gasteiger partial charge in [0.05, 0.1) is 7.11 Å². The summed E-state index contributed by atoms with van der Waals surface area (Å²) in [5, 5.41) is 3.50. The highest BCUT2D eigenvalue weighted by atomic mass is 16.5. The van der Waals surface area contributed by atoms with Crippen molar-refractivity contribution in [3.63, 3.8) is 0 Å². The van der Waals surface area contributed by atoms with Gasteiger partial charge in [0, 0.05) is 11.5 Å². The van der Waals surface area contributed by atoms with E-state index < -0.39 is 0 Å². The Bertz CT molecular complexity index is 478. The van der Waals surface area contributed by atoms with Crippen LogP contribution in [-0.2, 0) is 0 Å². The second-order valence-electron chi connectivity index (χ2n) is 5.85. The number of hydrogen-bond acceptors (Lipinski definition) is 3. The molecular formula is C16H26N2O. The van der Waals surface area contributed by atoms with Crippen LogP contribution in [0, 0.1) is 26.2 Å².